The zero-order valence-electron chi connectivity index (χ0n) is 23.6. The number of rotatable bonds is 12. The number of imidazole rings is 1. The minimum Gasteiger partial charge on any atom is -1.00 e. The quantitative estimate of drug-likeness (QED) is 0.165. The molecular weight excluding hydrogens is 603 g/mol. The number of benzene rings is 2. The van der Waals surface area contributed by atoms with E-state index < -0.39 is 0 Å². The van der Waals surface area contributed by atoms with Crippen LogP contribution in [0.1, 0.15) is 22.3 Å². The van der Waals surface area contributed by atoms with Gasteiger partial charge in [-0.3, -0.25) is 9.59 Å². The Morgan fingerprint density at radius 2 is 1.76 bits per heavy atom. The van der Waals surface area contributed by atoms with Gasteiger partial charge in [0.2, 0.25) is 5.91 Å². The Labute approximate surface area is 259 Å². The second-order valence-corrected chi connectivity index (χ2v) is 12.9. The number of fused-ring (bicyclic) bond motifs is 1. The zero-order chi connectivity index (χ0) is 28.8. The molecule has 0 aliphatic carbocycles. The normalized spacial score (nSPS) is 11.0. The van der Waals surface area contributed by atoms with E-state index in [0.717, 1.165) is 28.2 Å². The topological polar surface area (TPSA) is 95.0 Å². The Kier molecular flexibility index (Phi) is 11.8. The second kappa shape index (κ2) is 14.9. The average Bonchev–Trinajstić information content (AvgIpc) is 3.51. The molecule has 12 heteroatoms. The molecule has 0 aliphatic heterocycles. The number of alkyl halides is 2. The Balaban J connectivity index is 0.00000462. The molecule has 2 amide bonds. The first-order valence-electron chi connectivity index (χ1n) is 13.0. The molecule has 0 atom stereocenters. The molecule has 0 fully saturated rings. The molecule has 8 nitrogen and oxygen atoms in total. The number of anilines is 3. The van der Waals surface area contributed by atoms with Gasteiger partial charge in [0, 0.05) is 55.0 Å². The summed E-state index contributed by atoms with van der Waals surface area (Å²) in [5.41, 5.74) is 6.36. The Bertz CT molecular complexity index is 1500. The predicted molar refractivity (Wildman–Crippen MR) is 171 cm³/mol. The van der Waals surface area contributed by atoms with E-state index >= 15 is 0 Å². The number of aromatic nitrogens is 3. The number of halogens is 3. The van der Waals surface area contributed by atoms with Crippen LogP contribution in [0.5, 0.6) is 0 Å². The molecule has 0 saturated carbocycles. The standard InChI is InChI=1S/C29H34Cl2N6O2S.ClH/c1-19-15-21(6-8-25(19)37(12-10-30)13-11-31)34-29(39)20-5-7-26-23(16-20)35-28(36(26)2)24-17-22(18-32-24)33-27(38)9-14-40(3)4;/h5-8,15-18H,9-14H2,1-4H3,(H2-,32,33,34,35,38,39);1H. The Hall–Kier alpha value is -2.85. The Morgan fingerprint density at radius 3 is 2.41 bits per heavy atom. The molecule has 0 radical (unpaired) electrons. The van der Waals surface area contributed by atoms with Crippen molar-refractivity contribution in [1.29, 1.82) is 0 Å². The van der Waals surface area contributed by atoms with E-state index in [2.05, 4.69) is 33.0 Å². The van der Waals surface area contributed by atoms with Gasteiger partial charge in [0.1, 0.15) is 5.75 Å². The maximum absolute atomic E-state index is 13.1. The van der Waals surface area contributed by atoms with Crippen molar-refractivity contribution >= 4 is 74.0 Å². The van der Waals surface area contributed by atoms with E-state index in [4.69, 9.17) is 28.2 Å². The van der Waals surface area contributed by atoms with Gasteiger partial charge in [0.05, 0.1) is 41.3 Å². The van der Waals surface area contributed by atoms with Crippen molar-refractivity contribution in [2.75, 3.05) is 58.6 Å². The van der Waals surface area contributed by atoms with Gasteiger partial charge >= 0.3 is 0 Å². The first kappa shape index (κ1) is 32.7. The molecule has 3 N–H and O–H groups in total. The van der Waals surface area contributed by atoms with E-state index in [9.17, 15) is 9.59 Å². The number of carbonyl (C=O) groups excluding carboxylic acids is 2. The van der Waals surface area contributed by atoms with Crippen molar-refractivity contribution < 1.29 is 22.0 Å². The fraction of sp³-hybridized carbons (Fsp3) is 0.345. The minimum absolute atomic E-state index is 0. The van der Waals surface area contributed by atoms with Crippen LogP contribution in [0.25, 0.3) is 22.6 Å². The molecule has 2 aromatic heterocycles. The lowest BCUT2D eigenvalue weighted by Crippen LogP contribution is -3.00. The van der Waals surface area contributed by atoms with Crippen LogP contribution in [0.2, 0.25) is 0 Å². The molecule has 2 heterocycles. The van der Waals surface area contributed by atoms with Crippen LogP contribution >= 0.6 is 23.2 Å². The summed E-state index contributed by atoms with van der Waals surface area (Å²) >= 11 is 11.9. The maximum Gasteiger partial charge on any atom is 0.255 e. The highest BCUT2D eigenvalue weighted by Crippen LogP contribution is 2.27. The SMILES string of the molecule is Cc1cc(NC(=O)c2ccc3c(c2)nc(-c2cc(NC(=O)CC[S+](C)C)c[nH]2)n3C)ccc1N(CCCl)CCCl.[Cl-]. The molecule has 2 aromatic carbocycles. The third-order valence-corrected chi connectivity index (χ3v) is 7.95. The summed E-state index contributed by atoms with van der Waals surface area (Å²) in [4.78, 5) is 35.5. The van der Waals surface area contributed by atoms with Gasteiger partial charge in [-0.25, -0.2) is 4.98 Å². The number of nitrogens with zero attached hydrogens (tertiary/aromatic N) is 3. The number of aryl methyl sites for hydroxylation is 2. The first-order valence-corrected chi connectivity index (χ1v) is 16.3. The predicted octanol–water partition coefficient (Wildman–Crippen LogP) is 2.62. The Morgan fingerprint density at radius 1 is 1.02 bits per heavy atom. The van der Waals surface area contributed by atoms with Crippen molar-refractivity contribution in [3.63, 3.8) is 0 Å². The van der Waals surface area contributed by atoms with E-state index in [1.807, 2.05) is 48.9 Å². The van der Waals surface area contributed by atoms with Gasteiger partial charge in [-0.2, -0.15) is 0 Å². The zero-order valence-corrected chi connectivity index (χ0v) is 26.6. The highest BCUT2D eigenvalue weighted by molar-refractivity contribution is 7.95. The number of amides is 2. The van der Waals surface area contributed by atoms with Gasteiger partial charge in [0.25, 0.3) is 5.91 Å². The van der Waals surface area contributed by atoms with Gasteiger partial charge in [-0.15, -0.1) is 23.2 Å². The van der Waals surface area contributed by atoms with Crippen molar-refractivity contribution in [3.05, 3.63) is 59.8 Å². The van der Waals surface area contributed by atoms with E-state index in [1.165, 1.54) is 0 Å². The summed E-state index contributed by atoms with van der Waals surface area (Å²) < 4.78 is 1.96. The summed E-state index contributed by atoms with van der Waals surface area (Å²) in [6, 6.07) is 13.2. The molecule has 41 heavy (non-hydrogen) atoms. The lowest BCUT2D eigenvalue weighted by Gasteiger charge is -2.25. The lowest BCUT2D eigenvalue weighted by molar-refractivity contribution is -0.115. The molecule has 0 spiro atoms. The lowest BCUT2D eigenvalue weighted by atomic mass is 10.1. The van der Waals surface area contributed by atoms with Gasteiger partial charge in [0.15, 0.2) is 5.82 Å². The van der Waals surface area contributed by atoms with Crippen LogP contribution in [-0.2, 0) is 22.7 Å². The number of nitrogens with one attached hydrogen (secondary N) is 3. The first-order chi connectivity index (χ1) is 19.2. The number of aromatic amines is 1. The number of hydrogen-bond donors (Lipinski definition) is 3. The summed E-state index contributed by atoms with van der Waals surface area (Å²) in [6.45, 7) is 3.40. The summed E-state index contributed by atoms with van der Waals surface area (Å²) in [6.07, 6.45) is 6.52. The van der Waals surface area contributed by atoms with Gasteiger partial charge < -0.3 is 37.5 Å². The summed E-state index contributed by atoms with van der Waals surface area (Å²) in [5, 5.41) is 5.94. The molecule has 4 rings (SSSR count). The maximum atomic E-state index is 13.1. The van der Waals surface area contributed by atoms with Gasteiger partial charge in [-0.1, -0.05) is 0 Å². The highest BCUT2D eigenvalue weighted by Gasteiger charge is 2.16. The molecule has 220 valence electrons. The summed E-state index contributed by atoms with van der Waals surface area (Å²) in [7, 11) is 2.15. The second-order valence-electron chi connectivity index (χ2n) is 9.81. The molecule has 4 aromatic rings. The van der Waals surface area contributed by atoms with Crippen molar-refractivity contribution in [2.45, 2.75) is 13.3 Å². The molecule has 0 bridgehead atoms. The highest BCUT2D eigenvalue weighted by atomic mass is 35.5. The van der Waals surface area contributed by atoms with Crippen molar-refractivity contribution in [1.82, 2.24) is 14.5 Å². The van der Waals surface area contributed by atoms with Crippen LogP contribution in [0, 0.1) is 6.92 Å². The monoisotopic (exact) mass is 636 g/mol. The van der Waals surface area contributed by atoms with Crippen LogP contribution < -0.4 is 27.9 Å². The minimum atomic E-state index is -0.216. The molecule has 0 unspecified atom stereocenters. The molecule has 0 aliphatic rings. The fourth-order valence-corrected chi connectivity index (χ4v) is 5.55. The van der Waals surface area contributed by atoms with E-state index in [-0.39, 0.29) is 35.1 Å². The third-order valence-electron chi connectivity index (χ3n) is 6.59. The van der Waals surface area contributed by atoms with E-state index in [0.29, 0.717) is 59.5 Å². The van der Waals surface area contributed by atoms with Crippen LogP contribution in [0.15, 0.2) is 48.7 Å². The third kappa shape index (κ3) is 8.13. The molecular formula is C29H35Cl3N6O2S. The van der Waals surface area contributed by atoms with Crippen molar-refractivity contribution in [3.8, 4) is 11.5 Å². The van der Waals surface area contributed by atoms with E-state index in [1.54, 1.807) is 18.3 Å². The van der Waals surface area contributed by atoms with Crippen LogP contribution in [0.3, 0.4) is 0 Å². The van der Waals surface area contributed by atoms with Crippen LogP contribution in [0.4, 0.5) is 17.1 Å². The molecule has 0 saturated heterocycles. The smallest absolute Gasteiger partial charge is 0.255 e. The average molecular weight is 638 g/mol. The number of carbonyl (C=O) groups is 2. The number of H-pyrrole nitrogens is 1. The number of hydrogen-bond acceptors (Lipinski definition) is 4. The van der Waals surface area contributed by atoms with Crippen LogP contribution in [-0.4, -0.2) is 69.5 Å². The largest absolute Gasteiger partial charge is 1.00 e. The summed E-state index contributed by atoms with van der Waals surface area (Å²) in [5.74, 6) is 2.38. The fourth-order valence-electron chi connectivity index (χ4n) is 4.55. The van der Waals surface area contributed by atoms with Crippen molar-refractivity contribution in [2.24, 2.45) is 7.05 Å². The van der Waals surface area contributed by atoms with Gasteiger partial charge in [-0.05, 0) is 65.8 Å².